The Labute approximate surface area is 190 Å². The zero-order valence-electron chi connectivity index (χ0n) is 16.9. The molecule has 2 aliphatic rings. The smallest absolute Gasteiger partial charge is 0.270 e. The molecular weight excluding hydrogens is 448 g/mol. The number of hydrazine groups is 2. The van der Waals surface area contributed by atoms with E-state index in [4.69, 9.17) is 11.6 Å². The molecule has 0 radical (unpaired) electrons. The molecule has 10 nitrogen and oxygen atoms in total. The molecule has 0 saturated carbocycles. The average molecular weight is 462 g/mol. The largest absolute Gasteiger partial charge is 0.543 e. The van der Waals surface area contributed by atoms with E-state index in [1.807, 2.05) is 13.0 Å². The van der Waals surface area contributed by atoms with Gasteiger partial charge in [-0.25, -0.2) is 4.98 Å². The van der Waals surface area contributed by atoms with Crippen molar-refractivity contribution in [1.82, 2.24) is 20.8 Å². The molecule has 4 aromatic rings. The normalized spacial score (nSPS) is 13.3. The molecule has 2 amide bonds. The van der Waals surface area contributed by atoms with Gasteiger partial charge < -0.3 is 9.90 Å². The summed E-state index contributed by atoms with van der Waals surface area (Å²) in [4.78, 5) is 42.3. The number of carboxylic acids is 1. The van der Waals surface area contributed by atoms with Gasteiger partial charge in [0, 0.05) is 16.5 Å². The molecule has 2 aromatic heterocycles. The number of amides is 2. The number of carbonyl (C=O) groups excluding carboxylic acids is 3. The number of aryl methyl sites for hydroxylation is 1. The van der Waals surface area contributed by atoms with Crippen LogP contribution in [0.3, 0.4) is 0 Å². The summed E-state index contributed by atoms with van der Waals surface area (Å²) in [6, 6.07) is 11.6. The lowest BCUT2D eigenvalue weighted by molar-refractivity contribution is -0.255. The van der Waals surface area contributed by atoms with Crippen LogP contribution in [0.15, 0.2) is 42.5 Å². The van der Waals surface area contributed by atoms with Gasteiger partial charge >= 0.3 is 0 Å². The summed E-state index contributed by atoms with van der Waals surface area (Å²) >= 11 is 6.08. The number of halogens is 1. The average Bonchev–Trinajstić information content (AvgIpc) is 2.80. The fraction of sp³-hybridized carbons (Fsp3) is 0.0455. The predicted octanol–water partition coefficient (Wildman–Crippen LogP) is 1.94. The Morgan fingerprint density at radius 2 is 1.55 bits per heavy atom. The second-order valence-electron chi connectivity index (χ2n) is 7.33. The molecular formula is C22H14ClN6O4-. The van der Waals surface area contributed by atoms with Crippen molar-refractivity contribution in [2.75, 3.05) is 10.9 Å². The summed E-state index contributed by atoms with van der Waals surface area (Å²) in [6.07, 6.45) is 0. The van der Waals surface area contributed by atoms with Gasteiger partial charge in [-0.05, 0) is 43.3 Å². The molecule has 0 unspecified atom stereocenters. The van der Waals surface area contributed by atoms with Crippen molar-refractivity contribution >= 4 is 62.6 Å². The third-order valence-corrected chi connectivity index (χ3v) is 5.50. The Balaban J connectivity index is 0.000000139. The summed E-state index contributed by atoms with van der Waals surface area (Å²) < 4.78 is 0. The SMILES string of the molecule is Cc1cc2c3c(ccc(Cl)c3n1)C(=O)NN2.O=C([O-])c1cc2c3c(cccc3n1)C(=O)NN2. The number of anilines is 2. The van der Waals surface area contributed by atoms with Crippen LogP contribution in [0.25, 0.3) is 21.8 Å². The van der Waals surface area contributed by atoms with E-state index in [1.165, 1.54) is 6.07 Å². The third-order valence-electron chi connectivity index (χ3n) is 5.19. The highest BCUT2D eigenvalue weighted by atomic mass is 35.5. The Morgan fingerprint density at radius 1 is 0.879 bits per heavy atom. The van der Waals surface area contributed by atoms with E-state index in [-0.39, 0.29) is 17.5 Å². The molecule has 0 saturated heterocycles. The van der Waals surface area contributed by atoms with E-state index >= 15 is 0 Å². The molecule has 164 valence electrons. The van der Waals surface area contributed by atoms with Crippen LogP contribution in [0.4, 0.5) is 11.4 Å². The molecule has 2 aliphatic heterocycles. The van der Waals surface area contributed by atoms with Crippen LogP contribution in [-0.2, 0) is 0 Å². The van der Waals surface area contributed by atoms with Crippen molar-refractivity contribution in [3.63, 3.8) is 0 Å². The Morgan fingerprint density at radius 3 is 2.24 bits per heavy atom. The van der Waals surface area contributed by atoms with Crippen LogP contribution in [0.1, 0.15) is 36.9 Å². The van der Waals surface area contributed by atoms with E-state index in [1.54, 1.807) is 30.3 Å². The summed E-state index contributed by atoms with van der Waals surface area (Å²) in [5, 5.41) is 12.7. The second-order valence-corrected chi connectivity index (χ2v) is 7.74. The van der Waals surface area contributed by atoms with E-state index in [2.05, 4.69) is 31.7 Å². The highest BCUT2D eigenvalue weighted by Gasteiger charge is 2.21. The Hall–Kier alpha value is -4.44. The fourth-order valence-electron chi connectivity index (χ4n) is 3.79. The van der Waals surface area contributed by atoms with E-state index < -0.39 is 5.97 Å². The highest BCUT2D eigenvalue weighted by Crippen LogP contribution is 2.33. The number of benzene rings is 2. The number of carbonyl (C=O) groups is 3. The van der Waals surface area contributed by atoms with Crippen LogP contribution in [0, 0.1) is 6.92 Å². The second kappa shape index (κ2) is 7.61. The first-order valence-corrected chi connectivity index (χ1v) is 10.1. The van der Waals surface area contributed by atoms with Gasteiger partial charge in [0.05, 0.1) is 50.2 Å². The molecule has 0 fully saturated rings. The van der Waals surface area contributed by atoms with Crippen molar-refractivity contribution < 1.29 is 19.5 Å². The first-order valence-electron chi connectivity index (χ1n) is 9.71. The first-order chi connectivity index (χ1) is 15.8. The molecule has 2 aromatic carbocycles. The number of nitrogens with zero attached hydrogens (tertiary/aromatic N) is 2. The standard InChI is InChI=1S/C11H8ClN3O.C11H7N3O3/c1-5-4-8-9-6(11(16)15-14-8)2-3-7(12)10(9)13-5;15-10-5-2-1-3-6-9(5)7(13-14-10)4-8(12-6)11(16)17/h2-4,14H,1H3,(H,15,16);1-4,13H,(H,14,15)(H,16,17)/p-1. The Bertz CT molecular complexity index is 1520. The van der Waals surface area contributed by atoms with Gasteiger partial charge in [-0.15, -0.1) is 0 Å². The minimum atomic E-state index is -1.35. The molecule has 0 bridgehead atoms. The lowest BCUT2D eigenvalue weighted by Gasteiger charge is -2.19. The van der Waals surface area contributed by atoms with E-state index in [0.29, 0.717) is 38.3 Å². The molecule has 0 aliphatic carbocycles. The summed E-state index contributed by atoms with van der Waals surface area (Å²) in [5.74, 6) is -1.79. The zero-order valence-corrected chi connectivity index (χ0v) is 17.7. The molecule has 11 heteroatoms. The zero-order chi connectivity index (χ0) is 23.3. The predicted molar refractivity (Wildman–Crippen MR) is 120 cm³/mol. The number of hydrogen-bond donors (Lipinski definition) is 4. The van der Waals surface area contributed by atoms with Gasteiger partial charge in [0.2, 0.25) is 0 Å². The molecule has 33 heavy (non-hydrogen) atoms. The third kappa shape index (κ3) is 3.42. The maximum absolute atomic E-state index is 11.6. The minimum Gasteiger partial charge on any atom is -0.543 e. The number of pyridine rings is 2. The fourth-order valence-corrected chi connectivity index (χ4v) is 3.99. The first kappa shape index (κ1) is 20.5. The topological polar surface area (TPSA) is 148 Å². The number of aromatic nitrogens is 2. The van der Waals surface area contributed by atoms with Gasteiger partial charge in [0.15, 0.2) is 0 Å². The molecule has 0 spiro atoms. The van der Waals surface area contributed by atoms with Crippen molar-refractivity contribution in [2.24, 2.45) is 0 Å². The van der Waals surface area contributed by atoms with Crippen LogP contribution in [-0.4, -0.2) is 27.8 Å². The van der Waals surface area contributed by atoms with Gasteiger partial charge in [-0.1, -0.05) is 17.7 Å². The summed E-state index contributed by atoms with van der Waals surface area (Å²) in [7, 11) is 0. The monoisotopic (exact) mass is 461 g/mol. The van der Waals surface area contributed by atoms with Crippen LogP contribution in [0.5, 0.6) is 0 Å². The van der Waals surface area contributed by atoms with Crippen molar-refractivity contribution in [2.45, 2.75) is 6.92 Å². The van der Waals surface area contributed by atoms with Gasteiger partial charge in [-0.2, -0.15) is 0 Å². The number of rotatable bonds is 1. The number of carboxylic acid groups (broad SMARTS) is 1. The van der Waals surface area contributed by atoms with Crippen LogP contribution < -0.4 is 26.8 Å². The van der Waals surface area contributed by atoms with Gasteiger partial charge in [0.25, 0.3) is 11.8 Å². The molecule has 4 heterocycles. The van der Waals surface area contributed by atoms with Gasteiger partial charge in [-0.3, -0.25) is 36.3 Å². The van der Waals surface area contributed by atoms with Gasteiger partial charge in [0.1, 0.15) is 0 Å². The molecule has 4 N–H and O–H groups in total. The van der Waals surface area contributed by atoms with E-state index in [0.717, 1.165) is 16.8 Å². The highest BCUT2D eigenvalue weighted by molar-refractivity contribution is 6.36. The van der Waals surface area contributed by atoms with E-state index in [9.17, 15) is 19.5 Å². The number of aromatic carboxylic acids is 1. The molecule has 6 rings (SSSR count). The Kier molecular flexibility index (Phi) is 4.72. The summed E-state index contributed by atoms with van der Waals surface area (Å²) in [6.45, 7) is 1.89. The lowest BCUT2D eigenvalue weighted by atomic mass is 10.0. The maximum Gasteiger partial charge on any atom is 0.270 e. The van der Waals surface area contributed by atoms with Crippen molar-refractivity contribution in [3.8, 4) is 0 Å². The lowest BCUT2D eigenvalue weighted by Crippen LogP contribution is -2.34. The van der Waals surface area contributed by atoms with Crippen LogP contribution in [0.2, 0.25) is 5.02 Å². The minimum absolute atomic E-state index is 0.167. The quantitative estimate of drug-likeness (QED) is 0.336. The van der Waals surface area contributed by atoms with Crippen molar-refractivity contribution in [1.29, 1.82) is 0 Å². The number of hydrogen-bond acceptors (Lipinski definition) is 8. The molecule has 0 atom stereocenters. The maximum atomic E-state index is 11.6. The van der Waals surface area contributed by atoms with Crippen molar-refractivity contribution in [3.05, 3.63) is 70.0 Å². The number of nitrogens with one attached hydrogen (secondary N) is 4. The summed E-state index contributed by atoms with van der Waals surface area (Å²) in [5.41, 5.74) is 14.7. The van der Waals surface area contributed by atoms with Crippen LogP contribution >= 0.6 is 11.6 Å².